The molecule has 1 saturated heterocycles. The highest BCUT2D eigenvalue weighted by molar-refractivity contribution is 5.86. The summed E-state index contributed by atoms with van der Waals surface area (Å²) in [6.45, 7) is 11.3. The van der Waals surface area contributed by atoms with Gasteiger partial charge in [-0.05, 0) is 34.6 Å². The van der Waals surface area contributed by atoms with E-state index in [1.54, 1.807) is 0 Å². The van der Waals surface area contributed by atoms with E-state index in [0.717, 1.165) is 13.1 Å². The van der Waals surface area contributed by atoms with Crippen LogP contribution in [-0.4, -0.2) is 36.6 Å². The Labute approximate surface area is 96.9 Å². The van der Waals surface area contributed by atoms with E-state index in [0.29, 0.717) is 6.47 Å². The van der Waals surface area contributed by atoms with Gasteiger partial charge in [-0.2, -0.15) is 0 Å². The van der Waals surface area contributed by atoms with Crippen molar-refractivity contribution >= 4 is 12.4 Å². The van der Waals surface area contributed by atoms with Crippen LogP contribution in [0.4, 0.5) is 0 Å². The van der Waals surface area contributed by atoms with Crippen LogP contribution in [0, 0.1) is 0 Å². The van der Waals surface area contributed by atoms with Gasteiger partial charge >= 0.3 is 0 Å². The third kappa shape index (κ3) is 6.40. The summed E-state index contributed by atoms with van der Waals surface area (Å²) >= 11 is 0. The first kappa shape index (κ1) is 14.9. The van der Waals surface area contributed by atoms with Crippen LogP contribution in [0.1, 0.15) is 34.6 Å². The van der Waals surface area contributed by atoms with E-state index in [1.165, 1.54) is 0 Å². The second-order valence-electron chi connectivity index (χ2n) is 5.13. The molecule has 5 nitrogen and oxygen atoms in total. The third-order valence-corrected chi connectivity index (χ3v) is 1.95. The number of ether oxygens (including phenoxy) is 1. The second kappa shape index (κ2) is 5.84. The van der Waals surface area contributed by atoms with Crippen molar-refractivity contribution in [3.8, 4) is 0 Å². The van der Waals surface area contributed by atoms with Gasteiger partial charge in [0.2, 0.25) is 5.91 Å². The molecule has 0 saturated carbocycles. The van der Waals surface area contributed by atoms with Gasteiger partial charge in [0.1, 0.15) is 5.60 Å². The molecule has 0 atom stereocenters. The van der Waals surface area contributed by atoms with E-state index in [4.69, 9.17) is 0 Å². The van der Waals surface area contributed by atoms with Crippen LogP contribution in [0.3, 0.4) is 0 Å². The van der Waals surface area contributed by atoms with Crippen LogP contribution in [0.25, 0.3) is 0 Å². The van der Waals surface area contributed by atoms with Gasteiger partial charge in [0.05, 0.1) is 5.54 Å². The lowest BCUT2D eigenvalue weighted by Gasteiger charge is -2.29. The Balaban J connectivity index is 0.000000293. The second-order valence-corrected chi connectivity index (χ2v) is 5.13. The highest BCUT2D eigenvalue weighted by atomic mass is 16.5. The average Bonchev–Trinajstić information content (AvgIpc) is 2.09. The zero-order valence-electron chi connectivity index (χ0n) is 10.7. The Morgan fingerprint density at radius 3 is 2.06 bits per heavy atom. The molecule has 0 aromatic rings. The minimum absolute atomic E-state index is 0.0914. The SMILES string of the molecule is CC(C)(C)OC=O.CC1(C)NCCNC1=O. The fourth-order valence-corrected chi connectivity index (χ4v) is 0.997. The molecule has 0 radical (unpaired) electrons. The average molecular weight is 230 g/mol. The summed E-state index contributed by atoms with van der Waals surface area (Å²) in [6.07, 6.45) is 0. The Bertz CT molecular complexity index is 244. The lowest BCUT2D eigenvalue weighted by molar-refractivity contribution is -0.138. The van der Waals surface area contributed by atoms with E-state index < -0.39 is 0 Å². The van der Waals surface area contributed by atoms with Gasteiger partial charge in [0.25, 0.3) is 6.47 Å². The van der Waals surface area contributed by atoms with Crippen LogP contribution in [0.5, 0.6) is 0 Å². The van der Waals surface area contributed by atoms with Crippen molar-refractivity contribution in [3.05, 3.63) is 0 Å². The lowest BCUT2D eigenvalue weighted by atomic mass is 10.0. The summed E-state index contributed by atoms with van der Waals surface area (Å²) in [6, 6.07) is 0. The normalized spacial score (nSPS) is 18.9. The molecule has 1 rings (SSSR count). The molecular weight excluding hydrogens is 208 g/mol. The zero-order valence-corrected chi connectivity index (χ0v) is 10.7. The molecule has 0 bridgehead atoms. The maximum atomic E-state index is 10.9. The van der Waals surface area contributed by atoms with Crippen LogP contribution in [0.15, 0.2) is 0 Å². The van der Waals surface area contributed by atoms with Crippen molar-refractivity contribution < 1.29 is 14.3 Å². The topological polar surface area (TPSA) is 67.4 Å². The van der Waals surface area contributed by atoms with Crippen LogP contribution in [0.2, 0.25) is 0 Å². The van der Waals surface area contributed by atoms with E-state index >= 15 is 0 Å². The van der Waals surface area contributed by atoms with Crippen LogP contribution in [-0.2, 0) is 14.3 Å². The molecule has 1 heterocycles. The number of carbonyl (C=O) groups is 2. The summed E-state index contributed by atoms with van der Waals surface area (Å²) in [5.74, 6) is 0.0914. The highest BCUT2D eigenvalue weighted by Crippen LogP contribution is 2.03. The number of carbonyl (C=O) groups excluding carboxylic acids is 2. The molecule has 0 spiro atoms. The molecule has 2 N–H and O–H groups in total. The summed E-state index contributed by atoms with van der Waals surface area (Å²) in [5, 5.41) is 5.87. The molecule has 1 aliphatic rings. The first-order valence-corrected chi connectivity index (χ1v) is 5.34. The maximum Gasteiger partial charge on any atom is 0.293 e. The fourth-order valence-electron chi connectivity index (χ4n) is 0.997. The van der Waals surface area contributed by atoms with E-state index in [-0.39, 0.29) is 17.0 Å². The molecule has 1 fully saturated rings. The Kier molecular flexibility index (Phi) is 5.44. The van der Waals surface area contributed by atoms with Gasteiger partial charge < -0.3 is 15.4 Å². The Morgan fingerprint density at radius 2 is 1.88 bits per heavy atom. The van der Waals surface area contributed by atoms with Crippen molar-refractivity contribution in [2.75, 3.05) is 13.1 Å². The summed E-state index contributed by atoms with van der Waals surface area (Å²) in [4.78, 5) is 20.5. The molecule has 0 aromatic carbocycles. The van der Waals surface area contributed by atoms with E-state index in [1.807, 2.05) is 34.6 Å². The number of rotatable bonds is 1. The van der Waals surface area contributed by atoms with E-state index in [9.17, 15) is 9.59 Å². The monoisotopic (exact) mass is 230 g/mol. The molecule has 1 aliphatic heterocycles. The van der Waals surface area contributed by atoms with Gasteiger partial charge in [0, 0.05) is 13.1 Å². The van der Waals surface area contributed by atoms with Gasteiger partial charge in [-0.1, -0.05) is 0 Å². The van der Waals surface area contributed by atoms with Gasteiger partial charge in [0.15, 0.2) is 0 Å². The number of hydrogen-bond acceptors (Lipinski definition) is 4. The summed E-state index contributed by atoms with van der Waals surface area (Å²) < 4.78 is 4.55. The van der Waals surface area contributed by atoms with Crippen LogP contribution < -0.4 is 10.6 Å². The van der Waals surface area contributed by atoms with Crippen molar-refractivity contribution in [2.45, 2.75) is 45.8 Å². The predicted molar refractivity (Wildman–Crippen MR) is 62.0 cm³/mol. The lowest BCUT2D eigenvalue weighted by Crippen LogP contribution is -2.59. The highest BCUT2D eigenvalue weighted by Gasteiger charge is 2.28. The molecular formula is C11H22N2O3. The summed E-state index contributed by atoms with van der Waals surface area (Å²) in [5.41, 5.74) is -0.681. The van der Waals surface area contributed by atoms with E-state index in [2.05, 4.69) is 15.4 Å². The predicted octanol–water partition coefficient (Wildman–Crippen LogP) is 0.442. The fraction of sp³-hybridized carbons (Fsp3) is 0.818. The van der Waals surface area contributed by atoms with Gasteiger partial charge in [-0.15, -0.1) is 0 Å². The smallest absolute Gasteiger partial charge is 0.293 e. The minimum atomic E-state index is -0.363. The quantitative estimate of drug-likeness (QED) is 0.642. The van der Waals surface area contributed by atoms with Crippen molar-refractivity contribution in [3.63, 3.8) is 0 Å². The largest absolute Gasteiger partial charge is 0.462 e. The number of piperazine rings is 1. The Morgan fingerprint density at radius 1 is 1.31 bits per heavy atom. The Hall–Kier alpha value is -1.10. The summed E-state index contributed by atoms with van der Waals surface area (Å²) in [7, 11) is 0. The molecule has 94 valence electrons. The number of nitrogens with one attached hydrogen (secondary N) is 2. The zero-order chi connectivity index (χ0) is 12.8. The van der Waals surface area contributed by atoms with Gasteiger partial charge in [-0.25, -0.2) is 0 Å². The molecule has 5 heteroatoms. The number of hydrogen-bond donors (Lipinski definition) is 2. The van der Waals surface area contributed by atoms with Crippen molar-refractivity contribution in [1.29, 1.82) is 0 Å². The van der Waals surface area contributed by atoms with Crippen LogP contribution >= 0.6 is 0 Å². The first-order valence-electron chi connectivity index (χ1n) is 5.34. The number of amides is 1. The third-order valence-electron chi connectivity index (χ3n) is 1.95. The molecule has 1 amide bonds. The van der Waals surface area contributed by atoms with Gasteiger partial charge in [-0.3, -0.25) is 9.59 Å². The molecule has 16 heavy (non-hydrogen) atoms. The minimum Gasteiger partial charge on any atom is -0.462 e. The van der Waals surface area contributed by atoms with Crippen molar-refractivity contribution in [1.82, 2.24) is 10.6 Å². The molecule has 0 unspecified atom stereocenters. The maximum absolute atomic E-state index is 10.9. The molecule has 0 aliphatic carbocycles. The van der Waals surface area contributed by atoms with Crippen molar-refractivity contribution in [2.24, 2.45) is 0 Å². The standard InChI is InChI=1S/C6H12N2O.C5H10O2/c1-6(2)5(9)7-3-4-8-6;1-5(2,3)7-4-6/h8H,3-4H2,1-2H3,(H,7,9);4H,1-3H3. The molecule has 0 aromatic heterocycles. The first-order chi connectivity index (χ1) is 7.19.